The van der Waals surface area contributed by atoms with Crippen LogP contribution in [0.5, 0.6) is 0 Å². The number of amides is 1. The lowest BCUT2D eigenvalue weighted by atomic mass is 9.81. The van der Waals surface area contributed by atoms with Gasteiger partial charge in [-0.25, -0.2) is 4.39 Å². The number of benzene rings is 1. The number of nitrogens with two attached hydrogens (primary N) is 1. The Kier molecular flexibility index (Phi) is 8.22. The Morgan fingerprint density at radius 1 is 1.43 bits per heavy atom. The number of carbonyl (C=O) groups excluding carboxylic acids is 1. The number of hydrogen-bond donors (Lipinski definition) is 2. The highest BCUT2D eigenvalue weighted by atomic mass is 35.5. The van der Waals surface area contributed by atoms with Gasteiger partial charge in [0.2, 0.25) is 5.91 Å². The summed E-state index contributed by atoms with van der Waals surface area (Å²) in [4.78, 5) is 12.4. The summed E-state index contributed by atoms with van der Waals surface area (Å²) in [7, 11) is 0. The van der Waals surface area contributed by atoms with Crippen molar-refractivity contribution in [2.45, 2.75) is 39.7 Å². The fourth-order valence-electron chi connectivity index (χ4n) is 2.23. The van der Waals surface area contributed by atoms with E-state index in [0.29, 0.717) is 30.0 Å². The van der Waals surface area contributed by atoms with E-state index < -0.39 is 11.2 Å². The molecule has 1 unspecified atom stereocenters. The summed E-state index contributed by atoms with van der Waals surface area (Å²) in [6.45, 7) is 6.02. The molecule has 0 aromatic heterocycles. The molecule has 1 amide bonds. The Hall–Kier alpha value is -0.840. The summed E-state index contributed by atoms with van der Waals surface area (Å²) in [6.07, 6.45) is 1.35. The van der Waals surface area contributed by atoms with Crippen molar-refractivity contribution in [1.82, 2.24) is 5.32 Å². The lowest BCUT2D eigenvalue weighted by Gasteiger charge is -2.30. The van der Waals surface area contributed by atoms with Gasteiger partial charge in [-0.15, -0.1) is 12.4 Å². The van der Waals surface area contributed by atoms with Crippen LogP contribution in [0.2, 0.25) is 5.02 Å². The number of halogens is 3. The number of nitrogens with one attached hydrogen (secondary N) is 1. The minimum Gasteiger partial charge on any atom is -0.349 e. The van der Waals surface area contributed by atoms with Gasteiger partial charge in [0.25, 0.3) is 0 Å². The average molecular weight is 337 g/mol. The van der Waals surface area contributed by atoms with Gasteiger partial charge in [-0.3, -0.25) is 4.79 Å². The lowest BCUT2D eigenvalue weighted by Crippen LogP contribution is -2.46. The third kappa shape index (κ3) is 4.56. The molecule has 0 saturated carbocycles. The summed E-state index contributed by atoms with van der Waals surface area (Å²) >= 11 is 6.01. The molecule has 3 N–H and O–H groups in total. The molecule has 1 aromatic rings. The maximum atomic E-state index is 13.0. The van der Waals surface area contributed by atoms with Crippen molar-refractivity contribution in [2.24, 2.45) is 11.1 Å². The van der Waals surface area contributed by atoms with Crippen molar-refractivity contribution in [2.75, 3.05) is 6.54 Å². The van der Waals surface area contributed by atoms with Crippen molar-refractivity contribution < 1.29 is 9.18 Å². The predicted octanol–water partition coefficient (Wildman–Crippen LogP) is 3.84. The quantitative estimate of drug-likeness (QED) is 0.829. The largest absolute Gasteiger partial charge is 0.349 e. The van der Waals surface area contributed by atoms with Gasteiger partial charge in [0, 0.05) is 11.6 Å². The zero-order valence-electron chi connectivity index (χ0n) is 12.6. The molecule has 0 aliphatic carbocycles. The topological polar surface area (TPSA) is 55.1 Å². The summed E-state index contributed by atoms with van der Waals surface area (Å²) in [6, 6.07) is 3.87. The Morgan fingerprint density at radius 3 is 2.43 bits per heavy atom. The van der Waals surface area contributed by atoms with Gasteiger partial charge in [-0.2, -0.15) is 0 Å². The van der Waals surface area contributed by atoms with E-state index in [0.717, 1.165) is 0 Å². The summed E-state index contributed by atoms with van der Waals surface area (Å²) in [5.74, 6) is -0.478. The first-order valence-corrected chi connectivity index (χ1v) is 7.24. The number of hydrogen-bond acceptors (Lipinski definition) is 2. The van der Waals surface area contributed by atoms with Crippen LogP contribution in [0.25, 0.3) is 0 Å². The third-order valence-corrected chi connectivity index (χ3v) is 4.33. The predicted molar refractivity (Wildman–Crippen MR) is 87.3 cm³/mol. The van der Waals surface area contributed by atoms with Crippen LogP contribution in [-0.4, -0.2) is 12.5 Å². The smallest absolute Gasteiger partial charge is 0.227 e. The van der Waals surface area contributed by atoms with Gasteiger partial charge in [0.1, 0.15) is 5.82 Å². The molecule has 0 bridgehead atoms. The minimum absolute atomic E-state index is 0. The van der Waals surface area contributed by atoms with Gasteiger partial charge >= 0.3 is 0 Å². The standard InChI is InChI=1S/C15H22ClFN2O.ClH/c1-4-15(5-2,9-18)14(20)19-10(3)12-7-6-11(17)8-13(12)16;/h6-8,10H,4-5,9,18H2,1-3H3,(H,19,20);1H. The maximum absolute atomic E-state index is 13.0. The van der Waals surface area contributed by atoms with E-state index in [1.54, 1.807) is 6.07 Å². The van der Waals surface area contributed by atoms with Gasteiger partial charge in [0.15, 0.2) is 0 Å². The maximum Gasteiger partial charge on any atom is 0.227 e. The minimum atomic E-state index is -0.555. The second kappa shape index (κ2) is 8.57. The molecule has 0 saturated heterocycles. The molecule has 21 heavy (non-hydrogen) atoms. The molecule has 1 aromatic carbocycles. The van der Waals surface area contributed by atoms with E-state index in [4.69, 9.17) is 17.3 Å². The van der Waals surface area contributed by atoms with Crippen LogP contribution in [0.15, 0.2) is 18.2 Å². The molecule has 0 aliphatic heterocycles. The first-order chi connectivity index (χ1) is 9.40. The normalized spacial score (nSPS) is 12.5. The zero-order valence-corrected chi connectivity index (χ0v) is 14.2. The molecule has 0 heterocycles. The molecular formula is C15H23Cl2FN2O. The van der Waals surface area contributed by atoms with E-state index >= 15 is 0 Å². The SMILES string of the molecule is CCC(CC)(CN)C(=O)NC(C)c1ccc(F)cc1Cl.Cl. The fraction of sp³-hybridized carbons (Fsp3) is 0.533. The molecule has 3 nitrogen and oxygen atoms in total. The molecule has 0 aliphatic rings. The molecule has 0 fully saturated rings. The van der Waals surface area contributed by atoms with Gasteiger partial charge in [0.05, 0.1) is 11.5 Å². The molecule has 0 spiro atoms. The Balaban J connectivity index is 0.00000400. The van der Waals surface area contributed by atoms with E-state index in [-0.39, 0.29) is 24.4 Å². The first-order valence-electron chi connectivity index (χ1n) is 6.86. The van der Waals surface area contributed by atoms with Crippen molar-refractivity contribution in [1.29, 1.82) is 0 Å². The van der Waals surface area contributed by atoms with Gasteiger partial charge in [-0.1, -0.05) is 31.5 Å². The van der Waals surface area contributed by atoms with Crippen molar-refractivity contribution in [3.05, 3.63) is 34.6 Å². The van der Waals surface area contributed by atoms with E-state index in [1.807, 2.05) is 20.8 Å². The monoisotopic (exact) mass is 336 g/mol. The lowest BCUT2D eigenvalue weighted by molar-refractivity contribution is -0.131. The second-order valence-corrected chi connectivity index (χ2v) is 5.46. The van der Waals surface area contributed by atoms with Crippen LogP contribution in [-0.2, 0) is 4.79 Å². The second-order valence-electron chi connectivity index (χ2n) is 5.05. The van der Waals surface area contributed by atoms with Crippen LogP contribution in [0.3, 0.4) is 0 Å². The van der Waals surface area contributed by atoms with Crippen LogP contribution < -0.4 is 11.1 Å². The Morgan fingerprint density at radius 2 is 2.00 bits per heavy atom. The molecule has 6 heteroatoms. The highest BCUT2D eigenvalue weighted by Crippen LogP contribution is 2.28. The molecular weight excluding hydrogens is 314 g/mol. The van der Waals surface area contributed by atoms with Crippen LogP contribution in [0.4, 0.5) is 4.39 Å². The molecule has 1 rings (SSSR count). The highest BCUT2D eigenvalue weighted by Gasteiger charge is 2.34. The zero-order chi connectivity index (χ0) is 15.3. The van der Waals surface area contributed by atoms with E-state index in [2.05, 4.69) is 5.32 Å². The molecule has 0 radical (unpaired) electrons. The van der Waals surface area contributed by atoms with Crippen LogP contribution >= 0.6 is 24.0 Å². The number of carbonyl (C=O) groups is 1. The number of rotatable bonds is 6. The van der Waals surface area contributed by atoms with Crippen LogP contribution in [0, 0.1) is 11.2 Å². The first kappa shape index (κ1) is 20.2. The highest BCUT2D eigenvalue weighted by molar-refractivity contribution is 6.31. The summed E-state index contributed by atoms with van der Waals surface area (Å²) < 4.78 is 13.0. The van der Waals surface area contributed by atoms with Crippen molar-refractivity contribution in [3.8, 4) is 0 Å². The molecule has 120 valence electrons. The van der Waals surface area contributed by atoms with Crippen molar-refractivity contribution >= 4 is 29.9 Å². The summed E-state index contributed by atoms with van der Waals surface area (Å²) in [5, 5.41) is 3.23. The van der Waals surface area contributed by atoms with Gasteiger partial charge in [-0.05, 0) is 37.5 Å². The fourth-order valence-corrected chi connectivity index (χ4v) is 2.56. The summed E-state index contributed by atoms with van der Waals surface area (Å²) in [5.41, 5.74) is 5.90. The van der Waals surface area contributed by atoms with E-state index in [1.165, 1.54) is 12.1 Å². The Bertz CT molecular complexity index is 470. The average Bonchev–Trinajstić information content (AvgIpc) is 2.41. The Labute approximate surface area is 136 Å². The van der Waals surface area contributed by atoms with E-state index in [9.17, 15) is 9.18 Å². The van der Waals surface area contributed by atoms with Gasteiger partial charge < -0.3 is 11.1 Å². The molecule has 1 atom stereocenters. The van der Waals surface area contributed by atoms with Crippen molar-refractivity contribution in [3.63, 3.8) is 0 Å². The van der Waals surface area contributed by atoms with Crippen LogP contribution in [0.1, 0.15) is 45.2 Å². The third-order valence-electron chi connectivity index (χ3n) is 4.00.